The van der Waals surface area contributed by atoms with Crippen molar-refractivity contribution in [3.05, 3.63) is 57.1 Å². The van der Waals surface area contributed by atoms with Gasteiger partial charge in [0.2, 0.25) is 0 Å². The Hall–Kier alpha value is -3.08. The molecular weight excluding hydrogens is 524 g/mol. The van der Waals surface area contributed by atoms with Crippen LogP contribution in [0.1, 0.15) is 71.5 Å². The smallest absolute Gasteiger partial charge is 0.161 e. The average molecular weight is 547 g/mol. The topological polar surface area (TPSA) is 102 Å². The fourth-order valence-electron chi connectivity index (χ4n) is 4.58. The second kappa shape index (κ2) is 9.66. The zero-order valence-corrected chi connectivity index (χ0v) is 22.3. The highest BCUT2D eigenvalue weighted by Gasteiger charge is 2.25. The van der Waals surface area contributed by atoms with Crippen molar-refractivity contribution >= 4 is 72.7 Å². The number of aromatic nitrogens is 6. The lowest BCUT2D eigenvalue weighted by molar-refractivity contribution is 0.419. The highest BCUT2D eigenvalue weighted by atomic mass is 35.5. The Balaban J connectivity index is 0.000000141. The Bertz CT molecular complexity index is 1640. The zero-order valence-electron chi connectivity index (χ0n) is 19.9. The largest absolute Gasteiger partial charge is 0.338 e. The Labute approximate surface area is 226 Å². The van der Waals surface area contributed by atoms with Gasteiger partial charge >= 0.3 is 0 Å². The molecular formula is C26H23ClN8S2. The summed E-state index contributed by atoms with van der Waals surface area (Å²) in [6, 6.07) is 6.30. The Morgan fingerprint density at radius 2 is 1.49 bits per heavy atom. The number of nitrogens with one attached hydrogen (secondary N) is 1. The van der Waals surface area contributed by atoms with Crippen molar-refractivity contribution in [2.75, 3.05) is 5.32 Å². The number of thiazole rings is 2. The van der Waals surface area contributed by atoms with Crippen molar-refractivity contribution in [1.82, 2.24) is 29.9 Å². The molecule has 0 saturated heterocycles. The molecule has 0 unspecified atom stereocenters. The summed E-state index contributed by atoms with van der Waals surface area (Å²) in [5, 5.41) is 6.24. The monoisotopic (exact) mass is 546 g/mol. The highest BCUT2D eigenvalue weighted by molar-refractivity contribution is 7.18. The van der Waals surface area contributed by atoms with Crippen LogP contribution in [0.15, 0.2) is 35.8 Å². The summed E-state index contributed by atoms with van der Waals surface area (Å²) < 4.78 is 0. The van der Waals surface area contributed by atoms with Crippen LogP contribution >= 0.6 is 34.3 Å². The molecule has 1 aliphatic heterocycles. The SMILES string of the molecule is C1=NCc2ccc(Nc3ncnc4sc(C5CCC5)nc34)cc21.Clc1ncnc2sc(C3CCC3)nc12. The lowest BCUT2D eigenvalue weighted by atomic mass is 9.86. The number of hydrogen-bond acceptors (Lipinski definition) is 10. The summed E-state index contributed by atoms with van der Waals surface area (Å²) in [5.74, 6) is 2.05. The third-order valence-electron chi connectivity index (χ3n) is 7.19. The molecule has 0 spiro atoms. The first-order chi connectivity index (χ1) is 18.2. The van der Waals surface area contributed by atoms with E-state index in [2.05, 4.69) is 53.4 Å². The normalized spacial score (nSPS) is 16.8. The first kappa shape index (κ1) is 23.1. The number of hydrogen-bond donors (Lipinski definition) is 1. The van der Waals surface area contributed by atoms with Gasteiger partial charge in [-0.2, -0.15) is 0 Å². The van der Waals surface area contributed by atoms with Crippen molar-refractivity contribution in [3.63, 3.8) is 0 Å². The molecule has 0 bridgehead atoms. The lowest BCUT2D eigenvalue weighted by Gasteiger charge is -2.22. The van der Waals surface area contributed by atoms with Crippen LogP contribution < -0.4 is 5.32 Å². The Morgan fingerprint density at radius 1 is 0.811 bits per heavy atom. The van der Waals surface area contributed by atoms with E-state index >= 15 is 0 Å². The van der Waals surface area contributed by atoms with Crippen LogP contribution in [0.4, 0.5) is 11.5 Å². The van der Waals surface area contributed by atoms with Gasteiger partial charge in [-0.15, -0.1) is 0 Å². The molecule has 37 heavy (non-hydrogen) atoms. The van der Waals surface area contributed by atoms with Crippen molar-refractivity contribution in [2.24, 2.45) is 4.99 Å². The Morgan fingerprint density at radius 3 is 2.16 bits per heavy atom. The van der Waals surface area contributed by atoms with Gasteiger partial charge in [-0.3, -0.25) is 4.99 Å². The minimum absolute atomic E-state index is 0.469. The summed E-state index contributed by atoms with van der Waals surface area (Å²) in [5.41, 5.74) is 5.10. The van der Waals surface area contributed by atoms with E-state index in [0.29, 0.717) is 17.0 Å². The summed E-state index contributed by atoms with van der Waals surface area (Å²) in [6.45, 7) is 0.782. The molecule has 0 radical (unpaired) electrons. The maximum Gasteiger partial charge on any atom is 0.161 e. The molecule has 2 saturated carbocycles. The molecule has 3 aliphatic rings. The van der Waals surface area contributed by atoms with Crippen LogP contribution in [-0.4, -0.2) is 36.1 Å². The van der Waals surface area contributed by atoms with E-state index in [1.165, 1.54) is 66.0 Å². The van der Waals surface area contributed by atoms with Gasteiger partial charge < -0.3 is 5.32 Å². The second-order valence-corrected chi connectivity index (χ2v) is 11.9. The molecule has 0 atom stereocenters. The standard InChI is InChI=1S/C17H15N5S.C9H8ClN3S/c1-2-10(3-1)16-22-14-15(19-9-20-17(14)23-16)21-13-5-4-11-7-18-8-12(11)6-13;10-7-6-9(12-4-11-7)14-8(13-6)5-2-1-3-5/h4-6,8-10H,1-3,7H2,(H,19,20,21);4-5H,1-3H2. The molecule has 2 fully saturated rings. The van der Waals surface area contributed by atoms with E-state index < -0.39 is 0 Å². The average Bonchev–Trinajstić information content (AvgIpc) is 3.56. The fraction of sp³-hybridized carbons (Fsp3) is 0.346. The van der Waals surface area contributed by atoms with E-state index in [9.17, 15) is 0 Å². The third kappa shape index (κ3) is 4.47. The van der Waals surface area contributed by atoms with E-state index in [0.717, 1.165) is 38.7 Å². The van der Waals surface area contributed by atoms with Crippen LogP contribution in [0, 0.1) is 0 Å². The van der Waals surface area contributed by atoms with Crippen LogP contribution in [0.2, 0.25) is 5.15 Å². The second-order valence-electron chi connectivity index (χ2n) is 9.56. The molecule has 11 heteroatoms. The number of anilines is 2. The summed E-state index contributed by atoms with van der Waals surface area (Å²) in [4.78, 5) is 32.4. The third-order valence-corrected chi connectivity index (χ3v) is 9.72. The number of rotatable bonds is 4. The first-order valence-electron chi connectivity index (χ1n) is 12.5. The van der Waals surface area contributed by atoms with E-state index in [1.807, 2.05) is 6.21 Å². The maximum atomic E-state index is 5.93. The van der Waals surface area contributed by atoms with Gasteiger partial charge in [0.15, 0.2) is 11.0 Å². The van der Waals surface area contributed by atoms with Crippen molar-refractivity contribution in [3.8, 4) is 0 Å². The van der Waals surface area contributed by atoms with Gasteiger partial charge in [0.05, 0.1) is 16.6 Å². The van der Waals surface area contributed by atoms with Gasteiger partial charge in [-0.1, -0.05) is 53.2 Å². The number of halogens is 1. The number of aliphatic imine (C=N–C) groups is 1. The predicted molar refractivity (Wildman–Crippen MR) is 150 cm³/mol. The minimum atomic E-state index is 0.469. The maximum absolute atomic E-state index is 5.93. The molecule has 0 amide bonds. The number of nitrogens with zero attached hydrogens (tertiary/aromatic N) is 7. The first-order valence-corrected chi connectivity index (χ1v) is 14.5. The molecule has 186 valence electrons. The van der Waals surface area contributed by atoms with Gasteiger partial charge in [0.25, 0.3) is 0 Å². The van der Waals surface area contributed by atoms with Gasteiger partial charge in [0, 0.05) is 23.7 Å². The van der Waals surface area contributed by atoms with Gasteiger partial charge in [-0.05, 0) is 48.9 Å². The van der Waals surface area contributed by atoms with Crippen LogP contribution in [0.5, 0.6) is 0 Å². The molecule has 1 aromatic carbocycles. The molecule has 4 aromatic heterocycles. The van der Waals surface area contributed by atoms with E-state index in [4.69, 9.17) is 16.6 Å². The predicted octanol–water partition coefficient (Wildman–Crippen LogP) is 7.04. The van der Waals surface area contributed by atoms with Crippen LogP contribution in [-0.2, 0) is 6.54 Å². The molecule has 2 aliphatic carbocycles. The highest BCUT2D eigenvalue weighted by Crippen LogP contribution is 2.41. The molecule has 1 N–H and O–H groups in total. The van der Waals surface area contributed by atoms with Crippen LogP contribution in [0.3, 0.4) is 0 Å². The summed E-state index contributed by atoms with van der Waals surface area (Å²) in [7, 11) is 0. The summed E-state index contributed by atoms with van der Waals surface area (Å²) >= 11 is 9.28. The lowest BCUT2D eigenvalue weighted by Crippen LogP contribution is -2.07. The van der Waals surface area contributed by atoms with Crippen molar-refractivity contribution in [1.29, 1.82) is 0 Å². The van der Waals surface area contributed by atoms with Gasteiger partial charge in [0.1, 0.15) is 33.3 Å². The number of benzene rings is 1. The van der Waals surface area contributed by atoms with Gasteiger partial charge in [-0.25, -0.2) is 29.9 Å². The zero-order chi connectivity index (χ0) is 24.8. The molecule has 8 nitrogen and oxygen atoms in total. The van der Waals surface area contributed by atoms with Crippen molar-refractivity contribution < 1.29 is 0 Å². The molecule has 5 heterocycles. The minimum Gasteiger partial charge on any atom is -0.338 e. The van der Waals surface area contributed by atoms with Crippen molar-refractivity contribution in [2.45, 2.75) is 56.9 Å². The van der Waals surface area contributed by atoms with E-state index in [-0.39, 0.29) is 0 Å². The van der Waals surface area contributed by atoms with Crippen LogP contribution in [0.25, 0.3) is 20.7 Å². The molecule has 5 aromatic rings. The molecule has 8 rings (SSSR count). The summed E-state index contributed by atoms with van der Waals surface area (Å²) in [6.07, 6.45) is 12.7. The number of fused-ring (bicyclic) bond motifs is 3. The Kier molecular flexibility index (Phi) is 6.02. The van der Waals surface area contributed by atoms with E-state index in [1.54, 1.807) is 29.0 Å². The quantitative estimate of drug-likeness (QED) is 0.241. The fourth-order valence-corrected chi connectivity index (χ4v) is 6.96.